The molecule has 6 atom stereocenters. The molecule has 304 valence electrons. The molecule has 3 heterocycles. The van der Waals surface area contributed by atoms with E-state index in [1.807, 2.05) is 30.3 Å². The topological polar surface area (TPSA) is 180 Å². The van der Waals surface area contributed by atoms with Crippen LogP contribution in [0.25, 0.3) is 16.3 Å². The van der Waals surface area contributed by atoms with Crippen molar-refractivity contribution in [2.75, 3.05) is 18.9 Å². The van der Waals surface area contributed by atoms with Gasteiger partial charge in [-0.15, -0.1) is 0 Å². The second kappa shape index (κ2) is 22.0. The average Bonchev–Trinajstić information content (AvgIpc) is 3.75. The summed E-state index contributed by atoms with van der Waals surface area (Å²) in [6, 6.07) is 15.0. The van der Waals surface area contributed by atoms with Crippen molar-refractivity contribution in [1.82, 2.24) is 19.7 Å². The van der Waals surface area contributed by atoms with Gasteiger partial charge in [0.25, 0.3) is 0 Å². The maximum absolute atomic E-state index is 14.4. The number of aliphatic hydroxyl groups excluding tert-OH is 2. The molecule has 2 aromatic carbocycles. The van der Waals surface area contributed by atoms with Crippen LogP contribution in [0.2, 0.25) is 0 Å². The Kier molecular flexibility index (Phi) is 16.9. The van der Waals surface area contributed by atoms with Crippen LogP contribution in [0.4, 0.5) is 5.82 Å². The number of allylic oxidation sites excluding steroid dienone is 4. The van der Waals surface area contributed by atoms with Gasteiger partial charge in [0.2, 0.25) is 0 Å². The zero-order chi connectivity index (χ0) is 39.8. The van der Waals surface area contributed by atoms with E-state index >= 15 is 0 Å². The number of nitrogens with zero attached hydrogens (tertiary/aromatic N) is 3. The van der Waals surface area contributed by atoms with Gasteiger partial charge in [-0.25, -0.2) is 14.1 Å². The first-order valence-electron chi connectivity index (χ1n) is 20.0. The van der Waals surface area contributed by atoms with Crippen LogP contribution in [0.5, 0.6) is 5.75 Å². The zero-order valence-electron chi connectivity index (χ0n) is 32.6. The van der Waals surface area contributed by atoms with E-state index in [0.717, 1.165) is 43.9 Å². The van der Waals surface area contributed by atoms with Crippen LogP contribution in [-0.2, 0) is 23.4 Å². The third-order valence-corrected chi connectivity index (χ3v) is 11.5. The number of esters is 1. The number of benzene rings is 2. The Hall–Kier alpha value is -4.10. The van der Waals surface area contributed by atoms with Crippen molar-refractivity contribution in [3.05, 3.63) is 90.9 Å². The fraction of sp³-hybridized carbons (Fsp3) is 0.500. The summed E-state index contributed by atoms with van der Waals surface area (Å²) in [6.07, 6.45) is 18.7. The minimum Gasteiger partial charge on any atom is -0.465 e. The van der Waals surface area contributed by atoms with Crippen molar-refractivity contribution in [2.24, 2.45) is 0 Å². The molecule has 5 N–H and O–H groups in total. The number of aromatic nitrogens is 3. The number of anilines is 1. The summed E-state index contributed by atoms with van der Waals surface area (Å²) in [6.45, 7) is 3.54. The number of nitrogens with one attached hydrogen (secondary N) is 1. The van der Waals surface area contributed by atoms with Gasteiger partial charge in [0.1, 0.15) is 48.1 Å². The highest BCUT2D eigenvalue weighted by Crippen LogP contribution is 2.48. The van der Waals surface area contributed by atoms with Crippen molar-refractivity contribution in [2.45, 2.75) is 121 Å². The standard InChI is InChI=1S/C42H58N5O8P/c1-3-4-5-6-7-8-9-10-11-12-13-14-15-16-17-20-28-52-42(50)31(2)46-56(51,55-36-25-21-23-32-22-18-19-24-33(32)36)53-29-37-38(48)39(49)40(54-37)34-26-27-35-41(43)44-30-45-47(34)35/h7-8,10-11,18-19,21-27,30-31,37-40,48-49H,3-6,9,12-17,20,28-29H2,1-2H3,(H,46,51)(H2,43,44,45)/b8-7-,11-10-/t31-,37+,38+,39+,40-,56?/m0/s1. The number of hydrogen-bond donors (Lipinski definition) is 4. The number of unbranched alkanes of at least 4 members (excludes halogenated alkanes) is 9. The highest BCUT2D eigenvalue weighted by Gasteiger charge is 2.46. The minimum absolute atomic E-state index is 0.237. The normalized spacial score (nSPS) is 20.3. The first kappa shape index (κ1) is 43.0. The molecule has 1 aliphatic rings. The van der Waals surface area contributed by atoms with Gasteiger partial charge in [-0.1, -0.05) is 106 Å². The largest absolute Gasteiger partial charge is 0.465 e. The van der Waals surface area contributed by atoms with E-state index in [1.165, 1.54) is 56.3 Å². The lowest BCUT2D eigenvalue weighted by atomic mass is 10.1. The Morgan fingerprint density at radius 3 is 2.45 bits per heavy atom. The predicted molar refractivity (Wildman–Crippen MR) is 218 cm³/mol. The molecule has 0 spiro atoms. The molecular weight excluding hydrogens is 733 g/mol. The van der Waals surface area contributed by atoms with E-state index in [1.54, 1.807) is 24.3 Å². The van der Waals surface area contributed by atoms with Gasteiger partial charge in [0.05, 0.1) is 18.9 Å². The Balaban J connectivity index is 1.10. The van der Waals surface area contributed by atoms with Gasteiger partial charge in [0, 0.05) is 5.39 Å². The lowest BCUT2D eigenvalue weighted by Crippen LogP contribution is -2.37. The molecule has 14 heteroatoms. The quantitative estimate of drug-likeness (QED) is 0.0232. The highest BCUT2D eigenvalue weighted by atomic mass is 31.2. The Bertz CT molecular complexity index is 1930. The number of ether oxygens (including phenoxy) is 2. The molecule has 56 heavy (non-hydrogen) atoms. The molecule has 0 amide bonds. The molecular formula is C42H58N5O8P. The Morgan fingerprint density at radius 1 is 0.946 bits per heavy atom. The smallest absolute Gasteiger partial charge is 0.459 e. The van der Waals surface area contributed by atoms with Crippen LogP contribution in [0.3, 0.4) is 0 Å². The number of fused-ring (bicyclic) bond motifs is 2. The molecule has 0 bridgehead atoms. The number of aliphatic hydroxyl groups is 2. The average molecular weight is 792 g/mol. The lowest BCUT2D eigenvalue weighted by molar-refractivity contribution is -0.145. The summed E-state index contributed by atoms with van der Waals surface area (Å²) in [5, 5.41) is 30.4. The van der Waals surface area contributed by atoms with Crippen molar-refractivity contribution in [3.8, 4) is 5.75 Å². The number of rotatable bonds is 24. The van der Waals surface area contributed by atoms with Gasteiger partial charge in [0.15, 0.2) is 5.82 Å². The van der Waals surface area contributed by atoms with Crippen molar-refractivity contribution in [3.63, 3.8) is 0 Å². The zero-order valence-corrected chi connectivity index (χ0v) is 33.5. The van der Waals surface area contributed by atoms with Crippen LogP contribution < -0.4 is 15.3 Å². The van der Waals surface area contributed by atoms with Crippen molar-refractivity contribution < 1.29 is 38.1 Å². The maximum Gasteiger partial charge on any atom is 0.459 e. The fourth-order valence-electron chi connectivity index (χ4n) is 6.66. The predicted octanol–water partition coefficient (Wildman–Crippen LogP) is 8.16. The van der Waals surface area contributed by atoms with E-state index in [4.69, 9.17) is 24.3 Å². The SMILES string of the molecule is CCCCC/C=C\C/C=C\CCCCCCCCOC(=O)[C@H](C)NP(=O)(OC[C@H]1O[C@@H](c2ccc3c(N)ncnn23)[C@H](O)[C@@H]1O)Oc1cccc2ccccc12. The molecule has 5 rings (SSSR count). The van der Waals surface area contributed by atoms with Crippen LogP contribution in [0, 0.1) is 0 Å². The molecule has 2 aromatic heterocycles. The molecule has 13 nitrogen and oxygen atoms in total. The van der Waals surface area contributed by atoms with Gasteiger partial charge < -0.3 is 29.9 Å². The minimum atomic E-state index is -4.33. The summed E-state index contributed by atoms with van der Waals surface area (Å²) in [5.41, 5.74) is 6.92. The summed E-state index contributed by atoms with van der Waals surface area (Å²) in [5.74, 6) is -0.0959. The van der Waals surface area contributed by atoms with Gasteiger partial charge in [-0.3, -0.25) is 9.32 Å². The van der Waals surface area contributed by atoms with Gasteiger partial charge >= 0.3 is 13.7 Å². The van der Waals surface area contributed by atoms with Crippen molar-refractivity contribution in [1.29, 1.82) is 0 Å². The molecule has 0 aliphatic carbocycles. The number of carbonyl (C=O) groups is 1. The van der Waals surface area contributed by atoms with E-state index in [-0.39, 0.29) is 18.2 Å². The second-order valence-corrected chi connectivity index (χ2v) is 15.9. The molecule has 1 fully saturated rings. The first-order valence-corrected chi connectivity index (χ1v) is 21.5. The molecule has 1 saturated heterocycles. The molecule has 1 aliphatic heterocycles. The van der Waals surface area contributed by atoms with Crippen LogP contribution in [0.1, 0.15) is 103 Å². The molecule has 4 aromatic rings. The summed E-state index contributed by atoms with van der Waals surface area (Å²) in [4.78, 5) is 17.0. The lowest BCUT2D eigenvalue weighted by Gasteiger charge is -2.25. The maximum atomic E-state index is 14.4. The van der Waals surface area contributed by atoms with E-state index in [0.29, 0.717) is 16.6 Å². The number of carbonyl (C=O) groups excluding carboxylic acids is 1. The Morgan fingerprint density at radius 2 is 1.66 bits per heavy atom. The van der Waals surface area contributed by atoms with Gasteiger partial charge in [-0.05, 0) is 69.0 Å². The summed E-state index contributed by atoms with van der Waals surface area (Å²) in [7, 11) is -4.33. The van der Waals surface area contributed by atoms with Crippen LogP contribution in [0.15, 0.2) is 85.2 Å². The van der Waals surface area contributed by atoms with E-state index < -0.39 is 50.8 Å². The van der Waals surface area contributed by atoms with E-state index in [9.17, 15) is 19.6 Å². The van der Waals surface area contributed by atoms with E-state index in [2.05, 4.69) is 46.4 Å². The number of nitrogens with two attached hydrogens (primary N) is 1. The third-order valence-electron chi connectivity index (χ3n) is 9.84. The summed E-state index contributed by atoms with van der Waals surface area (Å²) >= 11 is 0. The third kappa shape index (κ3) is 12.2. The monoisotopic (exact) mass is 791 g/mol. The Labute approximate surface area is 329 Å². The highest BCUT2D eigenvalue weighted by molar-refractivity contribution is 7.52. The number of nitrogen functional groups attached to an aromatic ring is 1. The molecule has 1 unspecified atom stereocenters. The van der Waals surface area contributed by atoms with Gasteiger partial charge in [-0.2, -0.15) is 10.2 Å². The second-order valence-electron chi connectivity index (χ2n) is 14.2. The molecule has 0 radical (unpaired) electrons. The number of hydrogen-bond acceptors (Lipinski definition) is 11. The fourth-order valence-corrected chi connectivity index (χ4v) is 8.18. The van der Waals surface area contributed by atoms with Crippen LogP contribution in [-0.4, -0.2) is 68.3 Å². The van der Waals surface area contributed by atoms with Crippen molar-refractivity contribution >= 4 is 35.8 Å². The molecule has 0 saturated carbocycles. The summed E-state index contributed by atoms with van der Waals surface area (Å²) < 4.78 is 39.4. The first-order chi connectivity index (χ1) is 27.2. The van der Waals surface area contributed by atoms with Crippen LogP contribution >= 0.6 is 7.75 Å².